The second kappa shape index (κ2) is 7.68. The lowest BCUT2D eigenvalue weighted by Crippen LogP contribution is -2.39. The Morgan fingerprint density at radius 2 is 1.95 bits per heavy atom. The number of nitrogens with zero attached hydrogens (tertiary/aromatic N) is 1. The molecule has 0 bridgehead atoms. The van der Waals surface area contributed by atoms with Gasteiger partial charge in [-0.25, -0.2) is 14.6 Å². The summed E-state index contributed by atoms with van der Waals surface area (Å²) in [6.07, 6.45) is 0.961. The van der Waals surface area contributed by atoms with Gasteiger partial charge in [0.2, 0.25) is 0 Å². The largest absolute Gasteiger partial charge is 0.444 e. The van der Waals surface area contributed by atoms with Crippen LogP contribution in [0.5, 0.6) is 0 Å². The highest BCUT2D eigenvalue weighted by atomic mass is 35.5. The smallest absolute Gasteiger partial charge is 0.407 e. The van der Waals surface area contributed by atoms with Gasteiger partial charge in [-0.1, -0.05) is 11.6 Å². The van der Waals surface area contributed by atoms with Crippen LogP contribution in [0, 0.1) is 0 Å². The number of carbonyl (C=O) groups is 2. The first-order valence-corrected chi connectivity index (χ1v) is 6.77. The highest BCUT2D eigenvalue weighted by Gasteiger charge is 2.15. The van der Waals surface area contributed by atoms with E-state index in [1.54, 1.807) is 26.8 Å². The number of pyridine rings is 1. The molecule has 1 heterocycles. The molecule has 0 spiro atoms. The molecule has 1 aromatic heterocycles. The van der Waals surface area contributed by atoms with Crippen LogP contribution in [-0.4, -0.2) is 35.8 Å². The van der Waals surface area contributed by atoms with Gasteiger partial charge in [-0.05, 0) is 32.9 Å². The summed E-state index contributed by atoms with van der Waals surface area (Å²) in [6.45, 7) is 5.83. The summed E-state index contributed by atoms with van der Waals surface area (Å²) in [5, 5.41) is 8.09. The first kappa shape index (κ1) is 17.0. The molecule has 7 nitrogen and oxygen atoms in total. The Kier molecular flexibility index (Phi) is 6.23. The van der Waals surface area contributed by atoms with Crippen molar-refractivity contribution in [1.82, 2.24) is 15.6 Å². The normalized spacial score (nSPS) is 10.7. The Morgan fingerprint density at radius 1 is 1.29 bits per heavy atom. The molecule has 0 aliphatic carbocycles. The van der Waals surface area contributed by atoms with E-state index in [-0.39, 0.29) is 13.1 Å². The summed E-state index contributed by atoms with van der Waals surface area (Å²) in [5.41, 5.74) is -0.548. The number of hydrogen-bond acceptors (Lipinski definition) is 4. The fourth-order valence-electron chi connectivity index (χ4n) is 1.29. The molecule has 0 saturated carbocycles. The molecule has 0 aliphatic rings. The molecular formula is C13H19ClN4O3. The molecule has 0 aliphatic heterocycles. The number of alkyl carbamates (subject to hydrolysis) is 1. The van der Waals surface area contributed by atoms with Crippen molar-refractivity contribution < 1.29 is 14.3 Å². The third kappa shape index (κ3) is 7.98. The average Bonchev–Trinajstić information content (AvgIpc) is 2.32. The molecule has 0 aromatic carbocycles. The van der Waals surface area contributed by atoms with Crippen LogP contribution in [0.2, 0.25) is 5.02 Å². The predicted molar refractivity (Wildman–Crippen MR) is 80.5 cm³/mol. The minimum atomic E-state index is -0.548. The number of aromatic nitrogens is 1. The van der Waals surface area contributed by atoms with E-state index < -0.39 is 17.7 Å². The van der Waals surface area contributed by atoms with E-state index in [0.717, 1.165) is 0 Å². The molecule has 3 amide bonds. The van der Waals surface area contributed by atoms with Crippen molar-refractivity contribution >= 4 is 29.5 Å². The molecule has 0 fully saturated rings. The van der Waals surface area contributed by atoms with E-state index in [1.807, 2.05) is 0 Å². The molecule has 21 heavy (non-hydrogen) atoms. The van der Waals surface area contributed by atoms with E-state index in [2.05, 4.69) is 20.9 Å². The molecule has 1 rings (SSSR count). The van der Waals surface area contributed by atoms with Gasteiger partial charge in [0.05, 0.1) is 0 Å². The van der Waals surface area contributed by atoms with Crippen molar-refractivity contribution in [2.24, 2.45) is 0 Å². The van der Waals surface area contributed by atoms with E-state index >= 15 is 0 Å². The minimum Gasteiger partial charge on any atom is -0.444 e. The van der Waals surface area contributed by atoms with Crippen molar-refractivity contribution in [2.75, 3.05) is 18.4 Å². The van der Waals surface area contributed by atoms with Crippen molar-refractivity contribution in [2.45, 2.75) is 26.4 Å². The van der Waals surface area contributed by atoms with Gasteiger partial charge in [0.15, 0.2) is 0 Å². The van der Waals surface area contributed by atoms with Gasteiger partial charge in [0.25, 0.3) is 0 Å². The van der Waals surface area contributed by atoms with Gasteiger partial charge in [-0.15, -0.1) is 0 Å². The number of amides is 3. The van der Waals surface area contributed by atoms with Crippen LogP contribution in [0.25, 0.3) is 0 Å². The van der Waals surface area contributed by atoms with Gasteiger partial charge in [-0.2, -0.15) is 0 Å². The minimum absolute atomic E-state index is 0.255. The van der Waals surface area contributed by atoms with E-state index in [9.17, 15) is 9.59 Å². The summed E-state index contributed by atoms with van der Waals surface area (Å²) in [7, 11) is 0. The SMILES string of the molecule is CC(C)(C)OC(=O)NCCNC(=O)Nc1cc(Cl)ccn1. The number of nitrogens with one attached hydrogen (secondary N) is 3. The standard InChI is InChI=1S/C13H19ClN4O3/c1-13(2,3)21-12(20)17-7-6-16-11(19)18-10-8-9(14)4-5-15-10/h4-5,8H,6-7H2,1-3H3,(H,17,20)(H2,15,16,18,19). The van der Waals surface area contributed by atoms with Gasteiger partial charge in [-0.3, -0.25) is 5.32 Å². The fraction of sp³-hybridized carbons (Fsp3) is 0.462. The van der Waals surface area contributed by atoms with E-state index in [4.69, 9.17) is 16.3 Å². The molecule has 0 unspecified atom stereocenters. The second-order valence-electron chi connectivity index (χ2n) is 5.17. The highest BCUT2D eigenvalue weighted by Crippen LogP contribution is 2.11. The number of urea groups is 1. The Balaban J connectivity index is 2.21. The summed E-state index contributed by atoms with van der Waals surface area (Å²) in [4.78, 5) is 26.8. The van der Waals surface area contributed by atoms with Crippen molar-refractivity contribution in [3.05, 3.63) is 23.4 Å². The lowest BCUT2D eigenvalue weighted by atomic mass is 10.2. The third-order valence-electron chi connectivity index (χ3n) is 2.04. The average molecular weight is 315 g/mol. The quantitative estimate of drug-likeness (QED) is 0.744. The van der Waals surface area contributed by atoms with Crippen LogP contribution in [-0.2, 0) is 4.74 Å². The Bertz CT molecular complexity index is 502. The third-order valence-corrected chi connectivity index (χ3v) is 2.28. The first-order chi connectivity index (χ1) is 9.76. The molecule has 8 heteroatoms. The molecule has 0 saturated heterocycles. The van der Waals surface area contributed by atoms with E-state index in [1.165, 1.54) is 12.3 Å². The van der Waals surface area contributed by atoms with Gasteiger partial charge < -0.3 is 15.4 Å². The van der Waals surface area contributed by atoms with Crippen molar-refractivity contribution in [1.29, 1.82) is 0 Å². The topological polar surface area (TPSA) is 92.4 Å². The van der Waals surface area contributed by atoms with Crippen molar-refractivity contribution in [3.8, 4) is 0 Å². The molecular weight excluding hydrogens is 296 g/mol. The predicted octanol–water partition coefficient (Wildman–Crippen LogP) is 2.38. The van der Waals surface area contributed by atoms with Crippen LogP contribution in [0.3, 0.4) is 0 Å². The maximum atomic E-state index is 11.5. The lowest BCUT2D eigenvalue weighted by Gasteiger charge is -2.19. The van der Waals surface area contributed by atoms with Gasteiger partial charge in [0, 0.05) is 24.3 Å². The number of carbonyl (C=O) groups excluding carboxylic acids is 2. The maximum Gasteiger partial charge on any atom is 0.407 e. The Hall–Kier alpha value is -2.02. The van der Waals surface area contributed by atoms with Gasteiger partial charge in [0.1, 0.15) is 11.4 Å². The monoisotopic (exact) mass is 314 g/mol. The summed E-state index contributed by atoms with van der Waals surface area (Å²) >= 11 is 5.77. The number of halogens is 1. The lowest BCUT2D eigenvalue weighted by molar-refractivity contribution is 0.0528. The summed E-state index contributed by atoms with van der Waals surface area (Å²) in [5.74, 6) is 0.347. The number of anilines is 1. The number of rotatable bonds is 4. The van der Waals surface area contributed by atoms with Crippen LogP contribution in [0.4, 0.5) is 15.4 Å². The zero-order valence-corrected chi connectivity index (χ0v) is 13.0. The molecule has 0 atom stereocenters. The Morgan fingerprint density at radius 3 is 2.57 bits per heavy atom. The number of hydrogen-bond donors (Lipinski definition) is 3. The molecule has 1 aromatic rings. The Labute approximate surface area is 128 Å². The fourth-order valence-corrected chi connectivity index (χ4v) is 1.45. The first-order valence-electron chi connectivity index (χ1n) is 6.39. The van der Waals surface area contributed by atoms with Crippen LogP contribution in [0.15, 0.2) is 18.3 Å². The zero-order chi connectivity index (χ0) is 15.9. The van der Waals surface area contributed by atoms with Crippen LogP contribution >= 0.6 is 11.6 Å². The molecule has 3 N–H and O–H groups in total. The zero-order valence-electron chi connectivity index (χ0n) is 12.2. The van der Waals surface area contributed by atoms with E-state index in [0.29, 0.717) is 10.8 Å². The van der Waals surface area contributed by atoms with Crippen molar-refractivity contribution in [3.63, 3.8) is 0 Å². The van der Waals surface area contributed by atoms with Crippen LogP contribution in [0.1, 0.15) is 20.8 Å². The molecule has 0 radical (unpaired) electrons. The summed E-state index contributed by atoms with van der Waals surface area (Å²) < 4.78 is 5.05. The second-order valence-corrected chi connectivity index (χ2v) is 5.61. The molecule has 116 valence electrons. The highest BCUT2D eigenvalue weighted by molar-refractivity contribution is 6.30. The number of ether oxygens (including phenoxy) is 1. The van der Waals surface area contributed by atoms with Crippen LogP contribution < -0.4 is 16.0 Å². The maximum absolute atomic E-state index is 11.5. The van der Waals surface area contributed by atoms with Gasteiger partial charge >= 0.3 is 12.1 Å². The summed E-state index contributed by atoms with van der Waals surface area (Å²) in [6, 6.07) is 2.70.